The summed E-state index contributed by atoms with van der Waals surface area (Å²) in [5, 5.41) is 11.0. The first-order valence-electron chi connectivity index (χ1n) is 8.42. The Balaban J connectivity index is 1.77. The maximum absolute atomic E-state index is 13.1. The van der Waals surface area contributed by atoms with Gasteiger partial charge in [-0.25, -0.2) is 4.90 Å². The van der Waals surface area contributed by atoms with Gasteiger partial charge in [-0.2, -0.15) is 0 Å². The van der Waals surface area contributed by atoms with Crippen LogP contribution in [0.5, 0.6) is 5.75 Å². The van der Waals surface area contributed by atoms with Gasteiger partial charge in [-0.3, -0.25) is 19.7 Å². The summed E-state index contributed by atoms with van der Waals surface area (Å²) in [4.78, 5) is 37.8. The predicted octanol–water partition coefficient (Wildman–Crippen LogP) is 2.86. The molecule has 1 aromatic rings. The summed E-state index contributed by atoms with van der Waals surface area (Å²) in [7, 11) is 1.36. The summed E-state index contributed by atoms with van der Waals surface area (Å²) < 4.78 is 5.22. The second kappa shape index (κ2) is 5.52. The predicted molar refractivity (Wildman–Crippen MR) is 93.6 cm³/mol. The average Bonchev–Trinajstić information content (AvgIpc) is 3.24. The van der Waals surface area contributed by atoms with Crippen molar-refractivity contribution < 1.29 is 19.2 Å². The van der Waals surface area contributed by atoms with E-state index in [1.54, 1.807) is 0 Å². The van der Waals surface area contributed by atoms with Gasteiger partial charge in [0.2, 0.25) is 11.8 Å². The minimum Gasteiger partial charge on any atom is -0.494 e. The maximum Gasteiger partial charge on any atom is 0.273 e. The molecule has 4 atom stereocenters. The van der Waals surface area contributed by atoms with Crippen LogP contribution in [0.25, 0.3) is 0 Å². The number of ether oxygens (including phenoxy) is 1. The molecule has 26 heavy (non-hydrogen) atoms. The van der Waals surface area contributed by atoms with Crippen molar-refractivity contribution in [2.75, 3.05) is 12.0 Å². The molecule has 0 radical (unpaired) electrons. The molecule has 134 valence electrons. The van der Waals surface area contributed by atoms with Crippen LogP contribution in [0.3, 0.4) is 0 Å². The lowest BCUT2D eigenvalue weighted by atomic mass is 9.85. The number of benzene rings is 1. The SMILES string of the molecule is COc1cc([N+](=O)[O-])ccc1N1C(=O)C2C3C=CC(C3=C(C)C)C2C1=O. The summed E-state index contributed by atoms with van der Waals surface area (Å²) in [5.41, 5.74) is 2.44. The highest BCUT2D eigenvalue weighted by Gasteiger charge is 2.62. The molecule has 0 spiro atoms. The fourth-order valence-corrected chi connectivity index (χ4v) is 4.63. The molecule has 0 aromatic heterocycles. The molecule has 0 N–H and O–H groups in total. The van der Waals surface area contributed by atoms with Gasteiger partial charge in [-0.1, -0.05) is 23.3 Å². The number of imide groups is 1. The molecule has 1 saturated carbocycles. The molecule has 7 heteroatoms. The van der Waals surface area contributed by atoms with Crippen LogP contribution < -0.4 is 9.64 Å². The van der Waals surface area contributed by atoms with E-state index in [9.17, 15) is 19.7 Å². The fourth-order valence-electron chi connectivity index (χ4n) is 4.63. The molecule has 2 amide bonds. The van der Waals surface area contributed by atoms with E-state index in [4.69, 9.17) is 4.74 Å². The van der Waals surface area contributed by atoms with Gasteiger partial charge in [0, 0.05) is 17.9 Å². The molecule has 7 nitrogen and oxygen atoms in total. The summed E-state index contributed by atoms with van der Waals surface area (Å²) in [6, 6.07) is 3.92. The van der Waals surface area contributed by atoms with E-state index in [1.165, 1.54) is 30.9 Å². The van der Waals surface area contributed by atoms with Crippen LogP contribution in [-0.4, -0.2) is 23.8 Å². The Hall–Kier alpha value is -2.96. The van der Waals surface area contributed by atoms with Crippen LogP contribution in [0.2, 0.25) is 0 Å². The number of non-ortho nitro benzene ring substituents is 1. The minimum atomic E-state index is -0.542. The Morgan fingerprint density at radius 1 is 1.12 bits per heavy atom. The minimum absolute atomic E-state index is 0.0412. The summed E-state index contributed by atoms with van der Waals surface area (Å²) in [6.45, 7) is 4.02. The number of nitro groups is 1. The molecular weight excluding hydrogens is 336 g/mol. The topological polar surface area (TPSA) is 89.8 Å². The first-order valence-corrected chi connectivity index (χ1v) is 8.42. The van der Waals surface area contributed by atoms with Gasteiger partial charge >= 0.3 is 0 Å². The molecule has 2 bridgehead atoms. The van der Waals surface area contributed by atoms with Gasteiger partial charge in [-0.15, -0.1) is 0 Å². The number of rotatable bonds is 3. The number of fused-ring (bicyclic) bond motifs is 5. The highest BCUT2D eigenvalue weighted by molar-refractivity contribution is 6.24. The smallest absolute Gasteiger partial charge is 0.273 e. The van der Waals surface area contributed by atoms with E-state index >= 15 is 0 Å². The van der Waals surface area contributed by atoms with Crippen LogP contribution in [0.15, 0.2) is 41.5 Å². The monoisotopic (exact) mass is 354 g/mol. The van der Waals surface area contributed by atoms with Gasteiger partial charge in [0.25, 0.3) is 5.69 Å². The van der Waals surface area contributed by atoms with Crippen molar-refractivity contribution in [3.63, 3.8) is 0 Å². The second-order valence-electron chi connectivity index (χ2n) is 7.07. The molecule has 1 saturated heterocycles. The lowest BCUT2D eigenvalue weighted by molar-refractivity contribution is -0.384. The first-order chi connectivity index (χ1) is 12.4. The number of anilines is 1. The fraction of sp³-hybridized carbons (Fsp3) is 0.368. The van der Waals surface area contributed by atoms with E-state index in [1.807, 2.05) is 26.0 Å². The lowest BCUT2D eigenvalue weighted by Gasteiger charge is -2.21. The molecule has 3 aliphatic rings. The first kappa shape index (κ1) is 16.5. The number of allylic oxidation sites excluding steroid dienone is 4. The third kappa shape index (κ3) is 2.00. The zero-order chi connectivity index (χ0) is 18.7. The van der Waals surface area contributed by atoms with E-state index in [0.29, 0.717) is 0 Å². The number of carbonyl (C=O) groups is 2. The Kier molecular flexibility index (Phi) is 3.50. The van der Waals surface area contributed by atoms with E-state index in [0.717, 1.165) is 10.5 Å². The average molecular weight is 354 g/mol. The van der Waals surface area contributed by atoms with Crippen molar-refractivity contribution in [3.8, 4) is 5.75 Å². The Bertz CT molecular complexity index is 879. The molecule has 4 rings (SSSR count). The van der Waals surface area contributed by atoms with Crippen LogP contribution in [0.1, 0.15) is 13.8 Å². The van der Waals surface area contributed by atoms with Gasteiger partial charge in [0.05, 0.1) is 35.6 Å². The number of nitro benzene ring substituents is 1. The van der Waals surface area contributed by atoms with Crippen LogP contribution in [0, 0.1) is 33.8 Å². The number of nitrogens with zero attached hydrogens (tertiary/aromatic N) is 2. The number of carbonyl (C=O) groups excluding carboxylic acids is 2. The Morgan fingerprint density at radius 2 is 1.69 bits per heavy atom. The molecular formula is C19H18N2O5. The molecule has 1 heterocycles. The lowest BCUT2D eigenvalue weighted by Crippen LogP contribution is -2.33. The van der Waals surface area contributed by atoms with Crippen LogP contribution >= 0.6 is 0 Å². The van der Waals surface area contributed by atoms with Crippen molar-refractivity contribution in [1.82, 2.24) is 0 Å². The van der Waals surface area contributed by atoms with E-state index in [2.05, 4.69) is 0 Å². The normalized spacial score (nSPS) is 28.7. The third-order valence-corrected chi connectivity index (χ3v) is 5.61. The van der Waals surface area contributed by atoms with Crippen molar-refractivity contribution in [3.05, 3.63) is 51.6 Å². The zero-order valence-corrected chi connectivity index (χ0v) is 14.6. The quantitative estimate of drug-likeness (QED) is 0.360. The molecule has 2 aliphatic carbocycles. The molecule has 1 aliphatic heterocycles. The van der Waals surface area contributed by atoms with Crippen molar-refractivity contribution in [2.24, 2.45) is 23.7 Å². The Morgan fingerprint density at radius 3 is 2.15 bits per heavy atom. The standard InChI is InChI=1S/C19H18N2O5/c1-9(2)15-11-5-6-12(15)17-16(11)18(22)20(19(17)23)13-7-4-10(21(24)25)8-14(13)26-3/h4-8,11-12,16-17H,1-3H3. The summed E-state index contributed by atoms with van der Waals surface area (Å²) in [5.74, 6) is -1.26. The van der Waals surface area contributed by atoms with Crippen LogP contribution in [0.4, 0.5) is 11.4 Å². The number of hydrogen-bond donors (Lipinski definition) is 0. The third-order valence-electron chi connectivity index (χ3n) is 5.61. The maximum atomic E-state index is 13.1. The second-order valence-corrected chi connectivity index (χ2v) is 7.07. The van der Waals surface area contributed by atoms with Crippen molar-refractivity contribution >= 4 is 23.2 Å². The number of hydrogen-bond acceptors (Lipinski definition) is 5. The summed E-state index contributed by atoms with van der Waals surface area (Å²) >= 11 is 0. The van der Waals surface area contributed by atoms with Crippen LogP contribution in [-0.2, 0) is 9.59 Å². The number of amides is 2. The molecule has 2 fully saturated rings. The van der Waals surface area contributed by atoms with Crippen molar-refractivity contribution in [1.29, 1.82) is 0 Å². The van der Waals surface area contributed by atoms with E-state index in [-0.39, 0.29) is 40.8 Å². The summed E-state index contributed by atoms with van der Waals surface area (Å²) in [6.07, 6.45) is 4.05. The molecule has 4 unspecified atom stereocenters. The van der Waals surface area contributed by atoms with Gasteiger partial charge in [0.1, 0.15) is 5.75 Å². The largest absolute Gasteiger partial charge is 0.494 e. The van der Waals surface area contributed by atoms with Gasteiger partial charge in [0.15, 0.2) is 0 Å². The number of methoxy groups -OCH3 is 1. The highest BCUT2D eigenvalue weighted by Crippen LogP contribution is 2.57. The van der Waals surface area contributed by atoms with E-state index < -0.39 is 16.8 Å². The Labute approximate surface area is 150 Å². The van der Waals surface area contributed by atoms with Gasteiger partial charge < -0.3 is 4.74 Å². The zero-order valence-electron chi connectivity index (χ0n) is 14.6. The van der Waals surface area contributed by atoms with Crippen molar-refractivity contribution in [2.45, 2.75) is 13.8 Å². The molecule has 1 aromatic carbocycles. The van der Waals surface area contributed by atoms with Gasteiger partial charge in [-0.05, 0) is 19.9 Å². The highest BCUT2D eigenvalue weighted by atomic mass is 16.6.